The predicted molar refractivity (Wildman–Crippen MR) is 73.0 cm³/mol. The molecule has 1 aromatic carbocycles. The van der Waals surface area contributed by atoms with Gasteiger partial charge in [-0.1, -0.05) is 11.3 Å². The van der Waals surface area contributed by atoms with Crippen molar-refractivity contribution in [2.24, 2.45) is 0 Å². The number of hydrogen-bond donors (Lipinski definition) is 0. The van der Waals surface area contributed by atoms with Crippen LogP contribution in [0.2, 0.25) is 0 Å². The topological polar surface area (TPSA) is 83.1 Å². The van der Waals surface area contributed by atoms with Crippen LogP contribution in [-0.4, -0.2) is 27.0 Å². The molecule has 0 radical (unpaired) electrons. The molecule has 0 aliphatic carbocycles. The Morgan fingerprint density at radius 3 is 2.85 bits per heavy atom. The van der Waals surface area contributed by atoms with Crippen LogP contribution in [0.3, 0.4) is 0 Å². The molecule has 1 unspecified atom stereocenters. The molecule has 1 heterocycles. The largest absolute Gasteiger partial charge is 0.490 e. The number of benzene rings is 1. The summed E-state index contributed by atoms with van der Waals surface area (Å²) in [5.41, 5.74) is 1.32. The van der Waals surface area contributed by atoms with Crippen molar-refractivity contribution in [1.82, 2.24) is 15.0 Å². The molecule has 0 saturated heterocycles. The first-order valence-corrected chi connectivity index (χ1v) is 6.30. The number of nitro groups is 1. The van der Waals surface area contributed by atoms with Gasteiger partial charge in [0.05, 0.1) is 30.2 Å². The summed E-state index contributed by atoms with van der Waals surface area (Å²) >= 11 is 5.90. The molecular weight excluding hydrogens is 284 g/mol. The van der Waals surface area contributed by atoms with E-state index in [1.165, 1.54) is 13.2 Å². The van der Waals surface area contributed by atoms with E-state index in [0.717, 1.165) is 5.56 Å². The number of hydrogen-bond acceptors (Lipinski definition) is 5. The summed E-state index contributed by atoms with van der Waals surface area (Å²) in [6, 6.07) is 4.77. The van der Waals surface area contributed by atoms with Gasteiger partial charge in [0.2, 0.25) is 0 Å². The van der Waals surface area contributed by atoms with Crippen molar-refractivity contribution in [3.63, 3.8) is 0 Å². The van der Waals surface area contributed by atoms with Gasteiger partial charge in [0.15, 0.2) is 5.75 Å². The summed E-state index contributed by atoms with van der Waals surface area (Å²) in [4.78, 5) is 10.5. The van der Waals surface area contributed by atoms with Crippen LogP contribution in [0.4, 0.5) is 5.69 Å². The Morgan fingerprint density at radius 1 is 1.55 bits per heavy atom. The monoisotopic (exact) mass is 296 g/mol. The van der Waals surface area contributed by atoms with Crippen molar-refractivity contribution < 1.29 is 9.66 Å². The molecule has 2 aromatic rings. The van der Waals surface area contributed by atoms with E-state index in [2.05, 4.69) is 10.3 Å². The lowest BCUT2D eigenvalue weighted by atomic mass is 10.2. The van der Waals surface area contributed by atoms with E-state index in [9.17, 15) is 10.1 Å². The zero-order valence-electron chi connectivity index (χ0n) is 11.0. The Morgan fingerprint density at radius 2 is 2.30 bits per heavy atom. The first kappa shape index (κ1) is 14.3. The number of nitro benzene ring substituents is 1. The first-order valence-electron chi connectivity index (χ1n) is 5.86. The highest BCUT2D eigenvalue weighted by Gasteiger charge is 2.15. The lowest BCUT2D eigenvalue weighted by Gasteiger charge is -2.05. The van der Waals surface area contributed by atoms with Gasteiger partial charge in [0.1, 0.15) is 5.69 Å². The van der Waals surface area contributed by atoms with E-state index in [4.69, 9.17) is 16.3 Å². The molecule has 7 nitrogen and oxygen atoms in total. The average molecular weight is 297 g/mol. The number of halogens is 1. The van der Waals surface area contributed by atoms with Crippen molar-refractivity contribution in [1.29, 1.82) is 0 Å². The van der Waals surface area contributed by atoms with Crippen molar-refractivity contribution in [3.05, 3.63) is 45.8 Å². The third-order valence-corrected chi connectivity index (χ3v) is 2.97. The van der Waals surface area contributed by atoms with Crippen LogP contribution in [0.25, 0.3) is 0 Å². The number of aromatic nitrogens is 3. The predicted octanol–water partition coefficient (Wildman–Crippen LogP) is 2.54. The van der Waals surface area contributed by atoms with Gasteiger partial charge in [-0.15, -0.1) is 16.7 Å². The van der Waals surface area contributed by atoms with E-state index in [-0.39, 0.29) is 16.8 Å². The Balaban J connectivity index is 2.24. The second-order valence-electron chi connectivity index (χ2n) is 4.22. The molecule has 0 aliphatic heterocycles. The summed E-state index contributed by atoms with van der Waals surface area (Å²) in [7, 11) is 1.40. The molecule has 2 rings (SSSR count). The van der Waals surface area contributed by atoms with Gasteiger partial charge < -0.3 is 4.74 Å². The number of methoxy groups -OCH3 is 1. The fourth-order valence-electron chi connectivity index (χ4n) is 1.74. The van der Waals surface area contributed by atoms with Crippen LogP contribution in [0.15, 0.2) is 24.4 Å². The summed E-state index contributed by atoms with van der Waals surface area (Å²) in [5.74, 6) is 0.229. The molecule has 0 bridgehead atoms. The van der Waals surface area contributed by atoms with Crippen LogP contribution in [0.1, 0.15) is 23.6 Å². The maximum atomic E-state index is 11.0. The van der Waals surface area contributed by atoms with Gasteiger partial charge in [-0.25, -0.2) is 4.68 Å². The van der Waals surface area contributed by atoms with Crippen molar-refractivity contribution in [3.8, 4) is 5.75 Å². The minimum atomic E-state index is -0.476. The normalized spacial score (nSPS) is 12.2. The standard InChI is InChI=1S/C12H13ClN4O3/c1-8(13)10-7-16(15-14-10)6-9-3-4-12(20-2)11(5-9)17(18)19/h3-5,7-8H,6H2,1-2H3. The first-order chi connectivity index (χ1) is 9.51. The third kappa shape index (κ3) is 3.05. The van der Waals surface area contributed by atoms with E-state index in [1.807, 2.05) is 0 Å². The van der Waals surface area contributed by atoms with Gasteiger partial charge in [0.25, 0.3) is 0 Å². The lowest BCUT2D eigenvalue weighted by Crippen LogP contribution is -2.02. The molecule has 106 valence electrons. The Hall–Kier alpha value is -2.15. The smallest absolute Gasteiger partial charge is 0.311 e. The molecule has 8 heteroatoms. The number of nitrogens with zero attached hydrogens (tertiary/aromatic N) is 4. The quantitative estimate of drug-likeness (QED) is 0.481. The molecule has 1 atom stereocenters. The zero-order chi connectivity index (χ0) is 14.7. The maximum Gasteiger partial charge on any atom is 0.311 e. The van der Waals surface area contributed by atoms with Crippen LogP contribution < -0.4 is 4.74 Å². The molecule has 0 fully saturated rings. The van der Waals surface area contributed by atoms with E-state index in [0.29, 0.717) is 12.2 Å². The highest BCUT2D eigenvalue weighted by atomic mass is 35.5. The van der Waals surface area contributed by atoms with E-state index >= 15 is 0 Å². The molecule has 0 saturated carbocycles. The van der Waals surface area contributed by atoms with Gasteiger partial charge in [-0.05, 0) is 18.6 Å². The maximum absolute atomic E-state index is 11.0. The Kier molecular flexibility index (Phi) is 4.19. The Labute approximate surface area is 120 Å². The lowest BCUT2D eigenvalue weighted by molar-refractivity contribution is -0.385. The zero-order valence-corrected chi connectivity index (χ0v) is 11.7. The minimum Gasteiger partial charge on any atom is -0.490 e. The fraction of sp³-hybridized carbons (Fsp3) is 0.333. The highest BCUT2D eigenvalue weighted by Crippen LogP contribution is 2.27. The van der Waals surface area contributed by atoms with Crippen molar-refractivity contribution in [2.45, 2.75) is 18.8 Å². The second-order valence-corrected chi connectivity index (χ2v) is 4.87. The molecule has 0 spiro atoms. The molecule has 0 amide bonds. The molecule has 20 heavy (non-hydrogen) atoms. The van der Waals surface area contributed by atoms with Gasteiger partial charge in [-0.2, -0.15) is 0 Å². The van der Waals surface area contributed by atoms with Gasteiger partial charge in [0, 0.05) is 6.07 Å². The molecular formula is C12H13ClN4O3. The number of alkyl halides is 1. The van der Waals surface area contributed by atoms with Crippen LogP contribution in [0, 0.1) is 10.1 Å². The Bertz CT molecular complexity index is 627. The molecule has 1 aromatic heterocycles. The summed E-state index contributed by atoms with van der Waals surface area (Å²) in [6.45, 7) is 2.18. The number of ether oxygens (including phenoxy) is 1. The van der Waals surface area contributed by atoms with Crippen molar-refractivity contribution in [2.75, 3.05) is 7.11 Å². The second kappa shape index (κ2) is 5.87. The highest BCUT2D eigenvalue weighted by molar-refractivity contribution is 6.20. The molecule has 0 N–H and O–H groups in total. The summed E-state index contributed by atoms with van der Waals surface area (Å²) < 4.78 is 6.54. The fourth-order valence-corrected chi connectivity index (χ4v) is 1.84. The summed E-state index contributed by atoms with van der Waals surface area (Å²) in [6.07, 6.45) is 1.72. The van der Waals surface area contributed by atoms with E-state index < -0.39 is 4.92 Å². The number of rotatable bonds is 5. The van der Waals surface area contributed by atoms with Gasteiger partial charge in [-0.3, -0.25) is 10.1 Å². The summed E-state index contributed by atoms with van der Waals surface area (Å²) in [5, 5.41) is 18.6. The van der Waals surface area contributed by atoms with Gasteiger partial charge >= 0.3 is 5.69 Å². The average Bonchev–Trinajstić information content (AvgIpc) is 2.87. The van der Waals surface area contributed by atoms with E-state index in [1.54, 1.807) is 29.9 Å². The third-order valence-electron chi connectivity index (χ3n) is 2.75. The SMILES string of the molecule is COc1ccc(Cn2cc(C(C)Cl)nn2)cc1[N+](=O)[O-]. The van der Waals surface area contributed by atoms with Crippen LogP contribution in [0.5, 0.6) is 5.75 Å². The van der Waals surface area contributed by atoms with Crippen LogP contribution >= 0.6 is 11.6 Å². The minimum absolute atomic E-state index is 0.0731. The van der Waals surface area contributed by atoms with Crippen molar-refractivity contribution >= 4 is 17.3 Å². The van der Waals surface area contributed by atoms with Crippen LogP contribution in [-0.2, 0) is 6.54 Å². The molecule has 0 aliphatic rings.